The molecule has 72 heavy (non-hydrogen) atoms. The Balaban J connectivity index is 0.000000282. The summed E-state index contributed by atoms with van der Waals surface area (Å²) in [5.41, 5.74) is 4.72. The zero-order chi connectivity index (χ0) is 53.3. The van der Waals surface area contributed by atoms with E-state index in [0.717, 1.165) is 57.7 Å². The molecule has 14 heteroatoms. The number of ether oxygens (including phenoxy) is 3. The predicted molar refractivity (Wildman–Crippen MR) is 286 cm³/mol. The summed E-state index contributed by atoms with van der Waals surface area (Å²) in [6.07, 6.45) is 10.1. The van der Waals surface area contributed by atoms with E-state index >= 15 is 0 Å². The molecule has 4 aromatic carbocycles. The van der Waals surface area contributed by atoms with Crippen LogP contribution in [0.3, 0.4) is 0 Å². The van der Waals surface area contributed by atoms with E-state index in [2.05, 4.69) is 29.6 Å². The van der Waals surface area contributed by atoms with Gasteiger partial charge in [-0.15, -0.1) is 0 Å². The van der Waals surface area contributed by atoms with Crippen molar-refractivity contribution in [2.45, 2.75) is 150 Å². The lowest BCUT2D eigenvalue weighted by Crippen LogP contribution is -2.49. The number of nitrogens with one attached hydrogen (secondary N) is 2. The maximum atomic E-state index is 13.4. The predicted octanol–water partition coefficient (Wildman–Crippen LogP) is 11.0. The first-order valence-corrected chi connectivity index (χ1v) is 26.8. The Morgan fingerprint density at radius 2 is 0.972 bits per heavy atom. The number of carboxylic acids is 1. The van der Waals surface area contributed by atoms with Crippen molar-refractivity contribution in [3.05, 3.63) is 142 Å². The molecule has 2 aliphatic rings. The first-order valence-electron chi connectivity index (χ1n) is 25.1. The van der Waals surface area contributed by atoms with E-state index in [4.69, 9.17) is 14.2 Å². The molecule has 0 radical (unpaired) electrons. The number of aliphatic carboxylic acids is 1. The van der Waals surface area contributed by atoms with Crippen molar-refractivity contribution in [1.82, 2.24) is 10.6 Å². The lowest BCUT2D eigenvalue weighted by atomic mass is 9.78. The minimum absolute atomic E-state index is 0.0208. The molecule has 0 saturated carbocycles. The second-order valence-corrected chi connectivity index (χ2v) is 21.9. The summed E-state index contributed by atoms with van der Waals surface area (Å²) < 4.78 is 36.9. The molecule has 390 valence electrons. The molecule has 2 atom stereocenters. The molecule has 0 unspecified atom stereocenters. The van der Waals surface area contributed by atoms with Gasteiger partial charge in [0, 0.05) is 12.8 Å². The fourth-order valence-electron chi connectivity index (χ4n) is 8.27. The molecule has 6 rings (SSSR count). The maximum Gasteiger partial charge on any atom is 0.344 e. The van der Waals surface area contributed by atoms with Gasteiger partial charge in [-0.1, -0.05) is 136 Å². The van der Waals surface area contributed by atoms with E-state index in [9.17, 15) is 32.7 Å². The van der Waals surface area contributed by atoms with Gasteiger partial charge in [-0.3, -0.25) is 9.59 Å². The zero-order valence-corrected chi connectivity index (χ0v) is 44.9. The van der Waals surface area contributed by atoms with E-state index < -0.39 is 50.5 Å². The second-order valence-electron chi connectivity index (χ2n) is 20.0. The van der Waals surface area contributed by atoms with Crippen LogP contribution in [0.4, 0.5) is 0 Å². The number of carbonyl (C=O) groups is 4. The fourth-order valence-corrected chi connectivity index (χ4v) is 8.27. The minimum atomic E-state index is -3.16. The van der Waals surface area contributed by atoms with Crippen LogP contribution in [0.15, 0.2) is 108 Å². The van der Waals surface area contributed by atoms with E-state index in [-0.39, 0.29) is 16.9 Å². The van der Waals surface area contributed by atoms with E-state index in [1.807, 2.05) is 125 Å². The number of rotatable bonds is 19. The van der Waals surface area contributed by atoms with Crippen LogP contribution in [0.1, 0.15) is 153 Å². The molecule has 0 fully saturated rings. The Morgan fingerprint density at radius 3 is 1.31 bits per heavy atom. The van der Waals surface area contributed by atoms with Gasteiger partial charge in [0.1, 0.15) is 28.2 Å². The van der Waals surface area contributed by atoms with Gasteiger partial charge in [-0.05, 0) is 126 Å². The van der Waals surface area contributed by atoms with Crippen molar-refractivity contribution >= 4 is 44.9 Å². The number of carboxylic acid groups (broad SMARTS) is 1. The number of nitrogens with two attached hydrogens (primary N) is 1. The first-order chi connectivity index (χ1) is 33.9. The van der Waals surface area contributed by atoms with E-state index in [1.54, 1.807) is 20.8 Å². The number of aryl methyl sites for hydroxylation is 2. The Hall–Kier alpha value is -6.25. The van der Waals surface area contributed by atoms with Crippen molar-refractivity contribution in [2.24, 2.45) is 5.14 Å². The van der Waals surface area contributed by atoms with Gasteiger partial charge in [0.25, 0.3) is 11.8 Å². The molecule has 2 heterocycles. The van der Waals surface area contributed by atoms with Crippen LogP contribution in [-0.4, -0.2) is 61.8 Å². The Kier molecular flexibility index (Phi) is 21.4. The van der Waals surface area contributed by atoms with Gasteiger partial charge in [0.05, 0.1) is 30.0 Å². The Morgan fingerprint density at radius 1 is 0.611 bits per heavy atom. The molecule has 0 aromatic heterocycles. The molecule has 0 spiro atoms. The summed E-state index contributed by atoms with van der Waals surface area (Å²) in [6.45, 7) is 20.6. The lowest BCUT2D eigenvalue weighted by molar-refractivity contribution is -0.151. The summed E-state index contributed by atoms with van der Waals surface area (Å²) in [4.78, 5) is 51.1. The average molecular weight is 1010 g/mol. The third-order valence-corrected chi connectivity index (χ3v) is 13.2. The highest BCUT2D eigenvalue weighted by Crippen LogP contribution is 2.41. The second kappa shape index (κ2) is 26.4. The van der Waals surface area contributed by atoms with Gasteiger partial charge < -0.3 is 30.0 Å². The number of benzene rings is 4. The molecule has 2 aliphatic heterocycles. The standard InChI is InChI=1S/C30H39NO4.C26H31NO4.C2H7NO2S/c1-7-8-9-10-19-34-24-17-15-23(16-18-24)30(6)20-25(22-13-11-21(2)12-14-22)26(27(32)31-30)28(33)35-29(3,4)5;1-4-5-6-7-16-31-21-14-12-20(13-15-21)26(3)17-22(19-10-8-18(2)9-11-19)23(25(29)30)24(28)27-26;1-2-6(3,4)5/h11-18H,7-10,19-20H2,1-6H3,(H,31,32);8-15H,4-7,16-17H2,1-3H3,(H,27,28)(H,29,30);2H2,1H3,(H2,3,4,5)/t30-;26-;/m00./s1. The van der Waals surface area contributed by atoms with Crippen LogP contribution in [-0.2, 0) is 45.0 Å². The molecule has 0 aliphatic carbocycles. The molecule has 0 bridgehead atoms. The van der Waals surface area contributed by atoms with Crippen LogP contribution >= 0.6 is 0 Å². The largest absolute Gasteiger partial charge is 0.494 e. The lowest BCUT2D eigenvalue weighted by Gasteiger charge is -2.37. The average Bonchev–Trinajstić information content (AvgIpc) is 3.31. The van der Waals surface area contributed by atoms with Crippen molar-refractivity contribution < 1.29 is 46.9 Å². The third kappa shape index (κ3) is 17.5. The molecule has 0 saturated heterocycles. The minimum Gasteiger partial charge on any atom is -0.494 e. The monoisotopic (exact) mass is 1010 g/mol. The van der Waals surface area contributed by atoms with Gasteiger partial charge in [0.15, 0.2) is 0 Å². The van der Waals surface area contributed by atoms with Crippen molar-refractivity contribution in [3.8, 4) is 11.5 Å². The highest BCUT2D eigenvalue weighted by atomic mass is 32.2. The van der Waals surface area contributed by atoms with Gasteiger partial charge in [-0.2, -0.15) is 0 Å². The zero-order valence-electron chi connectivity index (χ0n) is 44.0. The number of amides is 2. The van der Waals surface area contributed by atoms with Crippen LogP contribution in [0.25, 0.3) is 11.1 Å². The van der Waals surface area contributed by atoms with Crippen molar-refractivity contribution in [2.75, 3.05) is 19.0 Å². The first kappa shape index (κ1) is 58.3. The quantitative estimate of drug-likeness (QED) is 0.0398. The van der Waals surface area contributed by atoms with Crippen LogP contribution < -0.4 is 25.2 Å². The summed E-state index contributed by atoms with van der Waals surface area (Å²) in [7, 11) is -3.16. The Bertz CT molecular complexity index is 2630. The highest BCUT2D eigenvalue weighted by molar-refractivity contribution is 7.89. The third-order valence-electron chi connectivity index (χ3n) is 12.4. The van der Waals surface area contributed by atoms with Gasteiger partial charge in [-0.25, -0.2) is 23.1 Å². The fraction of sp³-hybridized carbons (Fsp3) is 0.448. The number of unbranched alkanes of at least 4 members (excludes halogenated alkanes) is 6. The van der Waals surface area contributed by atoms with Crippen LogP contribution in [0, 0.1) is 13.8 Å². The summed E-state index contributed by atoms with van der Waals surface area (Å²) in [5, 5.41) is 20.2. The van der Waals surface area contributed by atoms with Gasteiger partial charge >= 0.3 is 11.9 Å². The summed E-state index contributed by atoms with van der Waals surface area (Å²) in [5.74, 6) is -1.15. The van der Waals surface area contributed by atoms with E-state index in [1.165, 1.54) is 45.4 Å². The molecule has 4 aromatic rings. The highest BCUT2D eigenvalue weighted by Gasteiger charge is 2.42. The number of hydrogen-bond acceptors (Lipinski definition) is 9. The van der Waals surface area contributed by atoms with Crippen LogP contribution in [0.2, 0.25) is 0 Å². The number of sulfonamides is 1. The number of esters is 1. The molecular formula is C58H77N3O10S. The number of carbonyl (C=O) groups excluding carboxylic acids is 3. The smallest absolute Gasteiger partial charge is 0.344 e. The SMILES string of the molecule is CCCCCCOc1ccc([C@]2(C)CC(c3ccc(C)cc3)=C(C(=O)O)C(=O)N2)cc1.CCCCCCOc1ccc([C@]2(C)CC(c3ccc(C)cc3)=C(C(=O)OC(C)(C)C)C(=O)N2)cc1.CCS(N)(=O)=O. The van der Waals surface area contributed by atoms with Crippen molar-refractivity contribution in [3.63, 3.8) is 0 Å². The molecule has 5 N–H and O–H groups in total. The van der Waals surface area contributed by atoms with E-state index in [0.29, 0.717) is 37.2 Å². The van der Waals surface area contributed by atoms with Crippen molar-refractivity contribution in [1.29, 1.82) is 0 Å². The normalized spacial score (nSPS) is 17.9. The molecule has 2 amide bonds. The summed E-state index contributed by atoms with van der Waals surface area (Å²) in [6, 6.07) is 31.1. The topological polar surface area (TPSA) is 200 Å². The summed E-state index contributed by atoms with van der Waals surface area (Å²) >= 11 is 0. The molecular weight excluding hydrogens is 931 g/mol. The molecule has 13 nitrogen and oxygen atoms in total. The Labute approximate surface area is 428 Å². The van der Waals surface area contributed by atoms with Gasteiger partial charge in [0.2, 0.25) is 10.0 Å². The number of primary sulfonamides is 1. The van der Waals surface area contributed by atoms with Crippen LogP contribution in [0.5, 0.6) is 11.5 Å². The maximum absolute atomic E-state index is 13.4. The number of hydrogen-bond donors (Lipinski definition) is 4.